The van der Waals surface area contributed by atoms with E-state index in [1.165, 1.54) is 23.1 Å². The molecular formula is C21H18N6O2S2. The lowest BCUT2D eigenvalue weighted by Crippen LogP contribution is -2.18. The molecule has 3 aromatic heterocycles. The summed E-state index contributed by atoms with van der Waals surface area (Å²) in [7, 11) is 1.84. The van der Waals surface area contributed by atoms with Crippen LogP contribution < -0.4 is 11.1 Å². The first-order valence-electron chi connectivity index (χ1n) is 9.24. The van der Waals surface area contributed by atoms with Crippen molar-refractivity contribution in [2.75, 3.05) is 11.1 Å². The van der Waals surface area contributed by atoms with Gasteiger partial charge in [-0.05, 0) is 23.8 Å². The third-order valence-corrected chi connectivity index (χ3v) is 6.53. The average molecular weight is 451 g/mol. The van der Waals surface area contributed by atoms with E-state index in [9.17, 15) is 9.59 Å². The van der Waals surface area contributed by atoms with Crippen molar-refractivity contribution in [3.05, 3.63) is 66.5 Å². The predicted molar refractivity (Wildman–Crippen MR) is 122 cm³/mol. The van der Waals surface area contributed by atoms with Crippen LogP contribution in [0.15, 0.2) is 66.1 Å². The Morgan fingerprint density at radius 2 is 1.84 bits per heavy atom. The molecular weight excluding hydrogens is 432 g/mol. The van der Waals surface area contributed by atoms with Gasteiger partial charge in [0.2, 0.25) is 5.91 Å². The van der Waals surface area contributed by atoms with Gasteiger partial charge >= 0.3 is 0 Å². The Balaban J connectivity index is 1.46. The quantitative estimate of drug-likeness (QED) is 0.417. The number of primary amides is 1. The lowest BCUT2D eigenvalue weighted by Gasteiger charge is -2.05. The average Bonchev–Trinajstić information content (AvgIpc) is 3.37. The van der Waals surface area contributed by atoms with Crippen LogP contribution in [0.1, 0.15) is 10.4 Å². The van der Waals surface area contributed by atoms with Crippen molar-refractivity contribution in [2.24, 2.45) is 12.8 Å². The molecule has 0 aliphatic heterocycles. The number of benzene rings is 1. The van der Waals surface area contributed by atoms with Crippen molar-refractivity contribution in [2.45, 2.75) is 5.16 Å². The molecule has 0 atom stereocenters. The van der Waals surface area contributed by atoms with Crippen LogP contribution >= 0.6 is 23.1 Å². The Morgan fingerprint density at radius 1 is 1.10 bits per heavy atom. The molecule has 0 fully saturated rings. The van der Waals surface area contributed by atoms with E-state index in [2.05, 4.69) is 20.5 Å². The second-order valence-electron chi connectivity index (χ2n) is 6.52. The second-order valence-corrected chi connectivity index (χ2v) is 8.52. The van der Waals surface area contributed by atoms with Crippen LogP contribution in [0.5, 0.6) is 0 Å². The van der Waals surface area contributed by atoms with Gasteiger partial charge in [0.25, 0.3) is 5.91 Å². The third kappa shape index (κ3) is 4.65. The number of hydrogen-bond donors (Lipinski definition) is 2. The minimum absolute atomic E-state index is 0.110. The molecule has 2 amide bonds. The molecule has 3 heterocycles. The zero-order chi connectivity index (χ0) is 21.8. The van der Waals surface area contributed by atoms with E-state index in [0.717, 1.165) is 16.0 Å². The van der Waals surface area contributed by atoms with E-state index in [0.29, 0.717) is 21.5 Å². The first-order chi connectivity index (χ1) is 15.0. The Hall–Kier alpha value is -3.50. The molecule has 0 bridgehead atoms. The zero-order valence-electron chi connectivity index (χ0n) is 16.5. The van der Waals surface area contributed by atoms with E-state index < -0.39 is 5.91 Å². The predicted octanol–water partition coefficient (Wildman–Crippen LogP) is 3.44. The number of carbonyl (C=O) groups excluding carboxylic acids is 2. The van der Waals surface area contributed by atoms with Gasteiger partial charge in [0.1, 0.15) is 5.00 Å². The van der Waals surface area contributed by atoms with Crippen molar-refractivity contribution >= 4 is 39.9 Å². The first kappa shape index (κ1) is 20.8. The van der Waals surface area contributed by atoms with Gasteiger partial charge in [-0.2, -0.15) is 0 Å². The number of nitrogens with two attached hydrogens (primary N) is 1. The summed E-state index contributed by atoms with van der Waals surface area (Å²) < 4.78 is 1.82. The van der Waals surface area contributed by atoms with Gasteiger partial charge in [-0.3, -0.25) is 14.6 Å². The van der Waals surface area contributed by atoms with E-state index >= 15 is 0 Å². The minimum atomic E-state index is -0.586. The van der Waals surface area contributed by atoms with Gasteiger partial charge < -0.3 is 15.6 Å². The highest BCUT2D eigenvalue weighted by molar-refractivity contribution is 7.99. The molecule has 4 aromatic rings. The maximum atomic E-state index is 12.6. The van der Waals surface area contributed by atoms with Crippen LogP contribution in [0.4, 0.5) is 5.00 Å². The third-order valence-electron chi connectivity index (χ3n) is 4.41. The highest BCUT2D eigenvalue weighted by Crippen LogP contribution is 2.35. The van der Waals surface area contributed by atoms with Crippen LogP contribution in [0.3, 0.4) is 0 Å². The number of amides is 2. The second kappa shape index (κ2) is 9.11. The number of nitrogens with one attached hydrogen (secondary N) is 1. The number of hydrogen-bond acceptors (Lipinski definition) is 7. The molecule has 0 radical (unpaired) electrons. The van der Waals surface area contributed by atoms with Crippen LogP contribution in [-0.2, 0) is 11.8 Å². The number of pyridine rings is 1. The standard InChI is InChI=1S/C21H18N6O2S2/c1-27-19(14-7-9-23-10-8-14)25-26-21(27)30-12-17(28)24-20-15(18(22)29)11-16(31-20)13-5-3-2-4-6-13/h2-11H,12H2,1H3,(H2,22,29)(H,24,28). The maximum absolute atomic E-state index is 12.6. The summed E-state index contributed by atoms with van der Waals surface area (Å²) in [6.07, 6.45) is 3.37. The summed E-state index contributed by atoms with van der Waals surface area (Å²) in [6, 6.07) is 15.0. The summed E-state index contributed by atoms with van der Waals surface area (Å²) in [5.41, 5.74) is 7.64. The molecule has 0 aliphatic rings. The summed E-state index contributed by atoms with van der Waals surface area (Å²) in [6.45, 7) is 0. The maximum Gasteiger partial charge on any atom is 0.251 e. The number of nitrogens with zero attached hydrogens (tertiary/aromatic N) is 4. The molecule has 8 nitrogen and oxygen atoms in total. The van der Waals surface area contributed by atoms with Crippen molar-refractivity contribution in [1.29, 1.82) is 0 Å². The van der Waals surface area contributed by atoms with Crippen LogP contribution in [0.2, 0.25) is 0 Å². The van der Waals surface area contributed by atoms with Crippen molar-refractivity contribution in [3.8, 4) is 21.8 Å². The fraction of sp³-hybridized carbons (Fsp3) is 0.0952. The first-order valence-corrected chi connectivity index (χ1v) is 11.0. The number of carbonyl (C=O) groups is 2. The fourth-order valence-corrected chi connectivity index (χ4v) is 4.69. The molecule has 0 spiro atoms. The van der Waals surface area contributed by atoms with Crippen LogP contribution in [0.25, 0.3) is 21.8 Å². The lowest BCUT2D eigenvalue weighted by molar-refractivity contribution is -0.113. The summed E-state index contributed by atoms with van der Waals surface area (Å²) in [5.74, 6) is -0.0507. The fourth-order valence-electron chi connectivity index (χ4n) is 2.90. The molecule has 10 heteroatoms. The highest BCUT2D eigenvalue weighted by atomic mass is 32.2. The molecule has 1 aromatic carbocycles. The van der Waals surface area contributed by atoms with Gasteiger partial charge in [-0.1, -0.05) is 42.1 Å². The molecule has 0 saturated carbocycles. The van der Waals surface area contributed by atoms with Gasteiger partial charge in [0.15, 0.2) is 11.0 Å². The van der Waals surface area contributed by atoms with Gasteiger partial charge in [-0.15, -0.1) is 21.5 Å². The number of anilines is 1. The van der Waals surface area contributed by atoms with Gasteiger partial charge in [0.05, 0.1) is 11.3 Å². The van der Waals surface area contributed by atoms with Crippen LogP contribution in [0, 0.1) is 0 Å². The number of aromatic nitrogens is 4. The monoisotopic (exact) mass is 450 g/mol. The highest BCUT2D eigenvalue weighted by Gasteiger charge is 2.18. The minimum Gasteiger partial charge on any atom is -0.366 e. The van der Waals surface area contributed by atoms with E-state index in [1.807, 2.05) is 54.1 Å². The summed E-state index contributed by atoms with van der Waals surface area (Å²) in [4.78, 5) is 29.3. The van der Waals surface area contributed by atoms with Crippen molar-refractivity contribution in [3.63, 3.8) is 0 Å². The number of rotatable bonds is 7. The molecule has 31 heavy (non-hydrogen) atoms. The van der Waals surface area contributed by atoms with Crippen molar-refractivity contribution in [1.82, 2.24) is 19.7 Å². The van der Waals surface area contributed by atoms with E-state index in [1.54, 1.807) is 18.5 Å². The molecule has 3 N–H and O–H groups in total. The molecule has 156 valence electrons. The van der Waals surface area contributed by atoms with E-state index in [-0.39, 0.29) is 11.7 Å². The molecule has 0 aliphatic carbocycles. The zero-order valence-corrected chi connectivity index (χ0v) is 18.1. The number of thiophene rings is 1. The normalized spacial score (nSPS) is 10.7. The van der Waals surface area contributed by atoms with Gasteiger partial charge in [0, 0.05) is 29.9 Å². The SMILES string of the molecule is Cn1c(SCC(=O)Nc2sc(-c3ccccc3)cc2C(N)=O)nnc1-c1ccncc1. The Kier molecular flexibility index (Phi) is 6.10. The largest absolute Gasteiger partial charge is 0.366 e. The molecule has 0 saturated heterocycles. The molecule has 4 rings (SSSR count). The van der Waals surface area contributed by atoms with Crippen molar-refractivity contribution < 1.29 is 9.59 Å². The summed E-state index contributed by atoms with van der Waals surface area (Å²) >= 11 is 2.57. The topological polar surface area (TPSA) is 116 Å². The Labute approximate surface area is 186 Å². The lowest BCUT2D eigenvalue weighted by atomic mass is 10.1. The molecule has 0 unspecified atom stereocenters. The van der Waals surface area contributed by atoms with E-state index in [4.69, 9.17) is 5.73 Å². The Morgan fingerprint density at radius 3 is 2.55 bits per heavy atom. The van der Waals surface area contributed by atoms with Crippen LogP contribution in [-0.4, -0.2) is 37.3 Å². The Bertz CT molecular complexity index is 1220. The number of thioether (sulfide) groups is 1. The summed E-state index contributed by atoms with van der Waals surface area (Å²) in [5, 5.41) is 12.2. The van der Waals surface area contributed by atoms with Gasteiger partial charge in [-0.25, -0.2) is 0 Å². The smallest absolute Gasteiger partial charge is 0.251 e.